The standard InChI is InChI=1S/C26H19N5O2S/c32-25-15-33-23-12-11-18(13-21(23)27-25)22-16-34-26(28-22)29-24-14-20(17-7-3-1-4-8-17)30-31(24)19-9-5-2-6-10-19/h1-14,16H,15H2,(H,27,32)(H,28,29). The van der Waals surface area contributed by atoms with E-state index in [1.807, 2.05) is 95.0 Å². The molecule has 1 aliphatic heterocycles. The van der Waals surface area contributed by atoms with Crippen molar-refractivity contribution in [2.45, 2.75) is 0 Å². The van der Waals surface area contributed by atoms with Crippen molar-refractivity contribution in [3.63, 3.8) is 0 Å². The summed E-state index contributed by atoms with van der Waals surface area (Å²) in [6, 6.07) is 27.8. The molecule has 1 aliphatic rings. The van der Waals surface area contributed by atoms with Gasteiger partial charge < -0.3 is 15.4 Å². The number of fused-ring (bicyclic) bond motifs is 1. The van der Waals surface area contributed by atoms with Crippen molar-refractivity contribution in [2.24, 2.45) is 0 Å². The Labute approximate surface area is 199 Å². The molecule has 34 heavy (non-hydrogen) atoms. The second kappa shape index (κ2) is 8.49. The summed E-state index contributed by atoms with van der Waals surface area (Å²) in [4.78, 5) is 16.4. The van der Waals surface area contributed by atoms with Crippen LogP contribution in [0.2, 0.25) is 0 Å². The Morgan fingerprint density at radius 3 is 2.53 bits per heavy atom. The van der Waals surface area contributed by atoms with Crippen LogP contribution in [0.1, 0.15) is 0 Å². The fourth-order valence-electron chi connectivity index (χ4n) is 3.80. The van der Waals surface area contributed by atoms with E-state index in [2.05, 4.69) is 10.6 Å². The van der Waals surface area contributed by atoms with E-state index in [9.17, 15) is 4.79 Å². The Hall–Kier alpha value is -4.43. The van der Waals surface area contributed by atoms with Crippen LogP contribution in [0.15, 0.2) is 90.3 Å². The molecule has 1 amide bonds. The number of amides is 1. The van der Waals surface area contributed by atoms with Crippen molar-refractivity contribution in [3.8, 4) is 34.0 Å². The smallest absolute Gasteiger partial charge is 0.262 e. The molecule has 0 unspecified atom stereocenters. The molecule has 0 saturated heterocycles. The minimum atomic E-state index is -0.159. The van der Waals surface area contributed by atoms with Crippen molar-refractivity contribution in [1.82, 2.24) is 14.8 Å². The number of ether oxygens (including phenoxy) is 1. The molecule has 8 heteroatoms. The summed E-state index contributed by atoms with van der Waals surface area (Å²) in [5, 5.41) is 13.8. The minimum Gasteiger partial charge on any atom is -0.482 e. The highest BCUT2D eigenvalue weighted by Crippen LogP contribution is 2.35. The third-order valence-electron chi connectivity index (χ3n) is 5.43. The van der Waals surface area contributed by atoms with Crippen molar-refractivity contribution in [1.29, 1.82) is 0 Å². The zero-order valence-electron chi connectivity index (χ0n) is 17.9. The predicted octanol–water partition coefficient (Wildman–Crippen LogP) is 5.74. The molecule has 0 fully saturated rings. The molecule has 0 radical (unpaired) electrons. The van der Waals surface area contributed by atoms with Crippen LogP contribution in [0.5, 0.6) is 5.75 Å². The van der Waals surface area contributed by atoms with Gasteiger partial charge in [0.1, 0.15) is 11.6 Å². The molecular formula is C26H19N5O2S. The quantitative estimate of drug-likeness (QED) is 0.346. The molecule has 166 valence electrons. The van der Waals surface area contributed by atoms with Crippen LogP contribution < -0.4 is 15.4 Å². The summed E-state index contributed by atoms with van der Waals surface area (Å²) in [5.74, 6) is 1.32. The van der Waals surface area contributed by atoms with Gasteiger partial charge >= 0.3 is 0 Å². The van der Waals surface area contributed by atoms with Crippen molar-refractivity contribution in [3.05, 3.63) is 90.3 Å². The van der Waals surface area contributed by atoms with E-state index >= 15 is 0 Å². The SMILES string of the molecule is O=C1COc2ccc(-c3csc(Nc4cc(-c5ccccc5)nn4-c4ccccc4)n3)cc2N1. The maximum absolute atomic E-state index is 11.7. The number of aromatic nitrogens is 3. The highest BCUT2D eigenvalue weighted by atomic mass is 32.1. The number of nitrogens with one attached hydrogen (secondary N) is 2. The lowest BCUT2D eigenvalue weighted by molar-refractivity contribution is -0.118. The largest absolute Gasteiger partial charge is 0.482 e. The number of anilines is 3. The van der Waals surface area contributed by atoms with Gasteiger partial charge in [-0.2, -0.15) is 5.10 Å². The van der Waals surface area contributed by atoms with E-state index in [1.165, 1.54) is 11.3 Å². The number of rotatable bonds is 5. The molecule has 0 saturated carbocycles. The van der Waals surface area contributed by atoms with E-state index in [1.54, 1.807) is 0 Å². The molecule has 2 aromatic heterocycles. The Morgan fingerprint density at radius 2 is 1.71 bits per heavy atom. The van der Waals surface area contributed by atoms with Crippen molar-refractivity contribution < 1.29 is 9.53 Å². The Kier molecular flexibility index (Phi) is 5.04. The van der Waals surface area contributed by atoms with Gasteiger partial charge in [-0.3, -0.25) is 4.79 Å². The fourth-order valence-corrected chi connectivity index (χ4v) is 4.53. The average molecular weight is 466 g/mol. The number of carbonyl (C=O) groups is 1. The molecule has 5 aromatic rings. The van der Waals surface area contributed by atoms with Crippen molar-refractivity contribution in [2.75, 3.05) is 17.2 Å². The summed E-state index contributed by atoms with van der Waals surface area (Å²) in [5.41, 5.74) is 5.23. The van der Waals surface area contributed by atoms with Crippen LogP contribution in [0, 0.1) is 0 Å². The van der Waals surface area contributed by atoms with Gasteiger partial charge in [0.05, 0.1) is 22.8 Å². The van der Waals surface area contributed by atoms with Crippen LogP contribution in [-0.2, 0) is 4.79 Å². The zero-order chi connectivity index (χ0) is 22.9. The minimum absolute atomic E-state index is 0.0389. The summed E-state index contributed by atoms with van der Waals surface area (Å²) in [7, 11) is 0. The molecule has 3 aromatic carbocycles. The molecule has 0 aliphatic carbocycles. The third-order valence-corrected chi connectivity index (χ3v) is 6.18. The lowest BCUT2D eigenvalue weighted by atomic mass is 10.1. The van der Waals surface area contributed by atoms with Crippen molar-refractivity contribution >= 4 is 33.9 Å². The van der Waals surface area contributed by atoms with Crippen LogP contribution in [0.25, 0.3) is 28.2 Å². The highest BCUT2D eigenvalue weighted by molar-refractivity contribution is 7.14. The Bertz CT molecular complexity index is 1480. The maximum atomic E-state index is 11.7. The molecule has 6 rings (SSSR count). The molecule has 0 spiro atoms. The zero-order valence-corrected chi connectivity index (χ0v) is 18.8. The second-order valence-electron chi connectivity index (χ2n) is 7.74. The van der Waals surface area contributed by atoms with Gasteiger partial charge in [0, 0.05) is 22.6 Å². The molecule has 3 heterocycles. The van der Waals surface area contributed by atoms with E-state index in [0.29, 0.717) is 11.4 Å². The van der Waals surface area contributed by atoms with E-state index < -0.39 is 0 Å². The number of para-hydroxylation sites is 1. The maximum Gasteiger partial charge on any atom is 0.262 e. The Morgan fingerprint density at radius 1 is 0.912 bits per heavy atom. The van der Waals surface area contributed by atoms with Gasteiger partial charge in [0.25, 0.3) is 5.91 Å². The second-order valence-corrected chi connectivity index (χ2v) is 8.60. The first-order valence-electron chi connectivity index (χ1n) is 10.7. The fraction of sp³-hybridized carbons (Fsp3) is 0.0385. The highest BCUT2D eigenvalue weighted by Gasteiger charge is 2.18. The summed E-state index contributed by atoms with van der Waals surface area (Å²) >= 11 is 1.50. The number of thiazole rings is 1. The lowest BCUT2D eigenvalue weighted by Crippen LogP contribution is -2.25. The summed E-state index contributed by atoms with van der Waals surface area (Å²) in [6.07, 6.45) is 0. The summed E-state index contributed by atoms with van der Waals surface area (Å²) in [6.45, 7) is 0.0389. The van der Waals surface area contributed by atoms with Crippen LogP contribution in [-0.4, -0.2) is 27.3 Å². The van der Waals surface area contributed by atoms with E-state index in [-0.39, 0.29) is 12.5 Å². The number of carbonyl (C=O) groups excluding carboxylic acids is 1. The molecule has 0 atom stereocenters. The van der Waals surface area contributed by atoms with Crippen LogP contribution in [0.4, 0.5) is 16.6 Å². The topological polar surface area (TPSA) is 81.1 Å². The van der Waals surface area contributed by atoms with Gasteiger partial charge in [-0.05, 0) is 30.3 Å². The average Bonchev–Trinajstić information content (AvgIpc) is 3.52. The van der Waals surface area contributed by atoms with Crippen LogP contribution >= 0.6 is 11.3 Å². The van der Waals surface area contributed by atoms with E-state index in [0.717, 1.165) is 39.2 Å². The van der Waals surface area contributed by atoms with E-state index in [4.69, 9.17) is 14.8 Å². The first-order valence-corrected chi connectivity index (χ1v) is 11.6. The number of nitrogens with zero attached hydrogens (tertiary/aromatic N) is 3. The predicted molar refractivity (Wildman–Crippen MR) is 134 cm³/mol. The van der Waals surface area contributed by atoms with Gasteiger partial charge in [-0.15, -0.1) is 11.3 Å². The summed E-state index contributed by atoms with van der Waals surface area (Å²) < 4.78 is 7.34. The lowest BCUT2D eigenvalue weighted by Gasteiger charge is -2.18. The third kappa shape index (κ3) is 3.91. The van der Waals surface area contributed by atoms with Gasteiger partial charge in [-0.1, -0.05) is 48.5 Å². The molecule has 0 bridgehead atoms. The van der Waals surface area contributed by atoms with Gasteiger partial charge in [0.2, 0.25) is 0 Å². The first kappa shape index (κ1) is 20.2. The van der Waals surface area contributed by atoms with Crippen LogP contribution in [0.3, 0.4) is 0 Å². The normalized spacial score (nSPS) is 12.5. The monoisotopic (exact) mass is 465 g/mol. The molecule has 2 N–H and O–H groups in total. The first-order chi connectivity index (χ1) is 16.7. The van der Waals surface area contributed by atoms with Gasteiger partial charge in [-0.25, -0.2) is 9.67 Å². The number of benzene rings is 3. The molecular weight excluding hydrogens is 446 g/mol. The number of hydrogen-bond donors (Lipinski definition) is 2. The number of hydrogen-bond acceptors (Lipinski definition) is 6. The molecule has 7 nitrogen and oxygen atoms in total. The van der Waals surface area contributed by atoms with Gasteiger partial charge in [0.15, 0.2) is 11.7 Å². The Balaban J connectivity index is 1.33.